The van der Waals surface area contributed by atoms with Gasteiger partial charge in [0.2, 0.25) is 0 Å². The molecule has 2 heteroatoms. The lowest BCUT2D eigenvalue weighted by Gasteiger charge is -2.40. The molecule has 17 heavy (non-hydrogen) atoms. The van der Waals surface area contributed by atoms with Crippen LogP contribution in [-0.4, -0.2) is 37.1 Å². The summed E-state index contributed by atoms with van der Waals surface area (Å²) < 4.78 is 0. The minimum atomic E-state index is 0.676. The Bertz CT molecular complexity index is 203. The van der Waals surface area contributed by atoms with Crippen molar-refractivity contribution in [1.29, 1.82) is 0 Å². The SMILES string of the molecule is CNC1CCCCCCC1N(C)C(C)C(C)C. The second-order valence-electron chi connectivity index (χ2n) is 6.10. The Morgan fingerprint density at radius 1 is 1.00 bits per heavy atom. The maximum atomic E-state index is 3.55. The summed E-state index contributed by atoms with van der Waals surface area (Å²) in [5, 5.41) is 3.55. The first kappa shape index (κ1) is 15.0. The van der Waals surface area contributed by atoms with Crippen LogP contribution in [0.15, 0.2) is 0 Å². The Kier molecular flexibility index (Phi) is 6.50. The molecule has 2 nitrogen and oxygen atoms in total. The average molecular weight is 240 g/mol. The molecule has 0 aliphatic heterocycles. The van der Waals surface area contributed by atoms with Crippen LogP contribution < -0.4 is 5.32 Å². The minimum Gasteiger partial charge on any atom is -0.315 e. The first-order chi connectivity index (χ1) is 8.07. The molecule has 1 N–H and O–H groups in total. The molecule has 1 aliphatic rings. The zero-order valence-electron chi connectivity index (χ0n) is 12.5. The van der Waals surface area contributed by atoms with Gasteiger partial charge in [-0.2, -0.15) is 0 Å². The molecule has 0 heterocycles. The number of rotatable bonds is 4. The quantitative estimate of drug-likeness (QED) is 0.811. The van der Waals surface area contributed by atoms with E-state index in [-0.39, 0.29) is 0 Å². The van der Waals surface area contributed by atoms with Gasteiger partial charge in [-0.1, -0.05) is 39.5 Å². The summed E-state index contributed by atoms with van der Waals surface area (Å²) in [5.41, 5.74) is 0. The van der Waals surface area contributed by atoms with Crippen LogP contribution in [-0.2, 0) is 0 Å². The number of hydrogen-bond acceptors (Lipinski definition) is 2. The summed E-state index contributed by atoms with van der Waals surface area (Å²) in [7, 11) is 4.45. The predicted molar refractivity (Wildman–Crippen MR) is 76.4 cm³/mol. The van der Waals surface area contributed by atoms with Crippen LogP contribution in [0.1, 0.15) is 59.3 Å². The number of likely N-dealkylation sites (N-methyl/N-ethyl adjacent to an activating group) is 2. The number of nitrogens with one attached hydrogen (secondary N) is 1. The Morgan fingerprint density at radius 3 is 2.12 bits per heavy atom. The molecule has 102 valence electrons. The van der Waals surface area contributed by atoms with Crippen molar-refractivity contribution in [2.45, 2.75) is 77.4 Å². The number of nitrogens with zero attached hydrogens (tertiary/aromatic N) is 1. The Balaban J connectivity index is 2.66. The third-order valence-electron chi connectivity index (χ3n) is 4.73. The van der Waals surface area contributed by atoms with E-state index in [9.17, 15) is 0 Å². The molecule has 0 amide bonds. The second kappa shape index (κ2) is 7.38. The number of hydrogen-bond donors (Lipinski definition) is 1. The van der Waals surface area contributed by atoms with Gasteiger partial charge in [0.05, 0.1) is 0 Å². The normalized spacial score (nSPS) is 29.1. The van der Waals surface area contributed by atoms with E-state index in [1.807, 2.05) is 0 Å². The first-order valence-electron chi connectivity index (χ1n) is 7.47. The summed E-state index contributed by atoms with van der Waals surface area (Å²) in [6.07, 6.45) is 8.35. The van der Waals surface area contributed by atoms with E-state index in [2.05, 4.69) is 45.1 Å². The molecular formula is C15H32N2. The molecule has 0 aromatic rings. The molecule has 0 spiro atoms. The highest BCUT2D eigenvalue weighted by molar-refractivity contribution is 4.86. The van der Waals surface area contributed by atoms with Gasteiger partial charge in [-0.25, -0.2) is 0 Å². The van der Waals surface area contributed by atoms with Crippen LogP contribution in [0, 0.1) is 5.92 Å². The fraction of sp³-hybridized carbons (Fsp3) is 1.00. The van der Waals surface area contributed by atoms with Crippen molar-refractivity contribution >= 4 is 0 Å². The lowest BCUT2D eigenvalue weighted by Crippen LogP contribution is -2.52. The van der Waals surface area contributed by atoms with Gasteiger partial charge in [-0.15, -0.1) is 0 Å². The zero-order valence-corrected chi connectivity index (χ0v) is 12.5. The maximum absolute atomic E-state index is 3.55. The molecule has 1 rings (SSSR count). The van der Waals surface area contributed by atoms with Gasteiger partial charge in [0.15, 0.2) is 0 Å². The Labute approximate surface area is 108 Å². The largest absolute Gasteiger partial charge is 0.315 e. The average Bonchev–Trinajstić information content (AvgIpc) is 2.27. The predicted octanol–water partition coefficient (Wildman–Crippen LogP) is 3.27. The molecular weight excluding hydrogens is 208 g/mol. The van der Waals surface area contributed by atoms with Gasteiger partial charge in [-0.3, -0.25) is 4.90 Å². The van der Waals surface area contributed by atoms with Crippen LogP contribution >= 0.6 is 0 Å². The lowest BCUT2D eigenvalue weighted by atomic mass is 9.89. The third-order valence-corrected chi connectivity index (χ3v) is 4.73. The molecule has 0 saturated heterocycles. The fourth-order valence-corrected chi connectivity index (χ4v) is 3.06. The molecule has 1 fully saturated rings. The van der Waals surface area contributed by atoms with Crippen molar-refractivity contribution in [2.24, 2.45) is 5.92 Å². The van der Waals surface area contributed by atoms with E-state index in [1.54, 1.807) is 0 Å². The van der Waals surface area contributed by atoms with Crippen molar-refractivity contribution < 1.29 is 0 Å². The van der Waals surface area contributed by atoms with E-state index in [0.717, 1.165) is 12.0 Å². The van der Waals surface area contributed by atoms with Gasteiger partial charge in [0, 0.05) is 18.1 Å². The van der Waals surface area contributed by atoms with Gasteiger partial charge < -0.3 is 5.32 Å². The van der Waals surface area contributed by atoms with Crippen molar-refractivity contribution in [3.05, 3.63) is 0 Å². The fourth-order valence-electron chi connectivity index (χ4n) is 3.06. The first-order valence-corrected chi connectivity index (χ1v) is 7.47. The summed E-state index contributed by atoms with van der Waals surface area (Å²) >= 11 is 0. The molecule has 0 radical (unpaired) electrons. The van der Waals surface area contributed by atoms with E-state index >= 15 is 0 Å². The summed E-state index contributed by atoms with van der Waals surface area (Å²) in [6, 6.07) is 2.08. The molecule has 0 aromatic carbocycles. The Morgan fingerprint density at radius 2 is 1.59 bits per heavy atom. The van der Waals surface area contributed by atoms with Crippen LogP contribution in [0.4, 0.5) is 0 Å². The molecule has 1 saturated carbocycles. The lowest BCUT2D eigenvalue weighted by molar-refractivity contribution is 0.103. The molecule has 0 aromatic heterocycles. The Hall–Kier alpha value is -0.0800. The topological polar surface area (TPSA) is 15.3 Å². The second-order valence-corrected chi connectivity index (χ2v) is 6.10. The third kappa shape index (κ3) is 4.26. The van der Waals surface area contributed by atoms with Gasteiger partial charge in [0.1, 0.15) is 0 Å². The summed E-state index contributed by atoms with van der Waals surface area (Å²) in [6.45, 7) is 7.03. The van der Waals surface area contributed by atoms with Crippen LogP contribution in [0.5, 0.6) is 0 Å². The molecule has 3 atom stereocenters. The van der Waals surface area contributed by atoms with Crippen molar-refractivity contribution in [3.8, 4) is 0 Å². The van der Waals surface area contributed by atoms with Crippen LogP contribution in [0.25, 0.3) is 0 Å². The summed E-state index contributed by atoms with van der Waals surface area (Å²) in [5.74, 6) is 0.739. The van der Waals surface area contributed by atoms with Crippen molar-refractivity contribution in [1.82, 2.24) is 10.2 Å². The van der Waals surface area contributed by atoms with E-state index in [4.69, 9.17) is 0 Å². The van der Waals surface area contributed by atoms with Crippen molar-refractivity contribution in [3.63, 3.8) is 0 Å². The standard InChI is InChI=1S/C15H32N2/c1-12(2)13(3)17(5)15-11-9-7-6-8-10-14(15)16-4/h12-16H,6-11H2,1-5H3. The summed E-state index contributed by atoms with van der Waals surface area (Å²) in [4.78, 5) is 2.62. The highest BCUT2D eigenvalue weighted by atomic mass is 15.2. The molecule has 3 unspecified atom stereocenters. The van der Waals surface area contributed by atoms with Crippen LogP contribution in [0.3, 0.4) is 0 Å². The highest BCUT2D eigenvalue weighted by Gasteiger charge is 2.28. The minimum absolute atomic E-state index is 0.676. The maximum Gasteiger partial charge on any atom is 0.0249 e. The van der Waals surface area contributed by atoms with Crippen molar-refractivity contribution in [2.75, 3.05) is 14.1 Å². The van der Waals surface area contributed by atoms with E-state index in [1.165, 1.54) is 38.5 Å². The zero-order chi connectivity index (χ0) is 12.8. The van der Waals surface area contributed by atoms with Crippen LogP contribution in [0.2, 0.25) is 0 Å². The van der Waals surface area contributed by atoms with E-state index < -0.39 is 0 Å². The van der Waals surface area contributed by atoms with Gasteiger partial charge in [-0.05, 0) is 39.8 Å². The van der Waals surface area contributed by atoms with E-state index in [0.29, 0.717) is 12.1 Å². The monoisotopic (exact) mass is 240 g/mol. The van der Waals surface area contributed by atoms with Gasteiger partial charge >= 0.3 is 0 Å². The van der Waals surface area contributed by atoms with Gasteiger partial charge in [0.25, 0.3) is 0 Å². The highest BCUT2D eigenvalue weighted by Crippen LogP contribution is 2.24. The molecule has 0 bridgehead atoms. The smallest absolute Gasteiger partial charge is 0.0249 e. The molecule has 1 aliphatic carbocycles.